The van der Waals surface area contributed by atoms with Gasteiger partial charge in [0.05, 0.1) is 12.4 Å². The maximum atomic E-state index is 11.9. The van der Waals surface area contributed by atoms with Crippen LogP contribution in [-0.2, 0) is 4.74 Å². The average Bonchev–Trinajstić information content (AvgIpc) is 2.24. The number of hydrogen-bond acceptors (Lipinski definition) is 3. The predicted octanol–water partition coefficient (Wildman–Crippen LogP) is 2.87. The number of methoxy groups -OCH3 is 1. The molecule has 0 fully saturated rings. The van der Waals surface area contributed by atoms with E-state index >= 15 is 0 Å². The van der Waals surface area contributed by atoms with Crippen molar-refractivity contribution in [3.63, 3.8) is 0 Å². The summed E-state index contributed by atoms with van der Waals surface area (Å²) in [6, 6.07) is 5.96. The van der Waals surface area contributed by atoms with E-state index in [1.54, 1.807) is 18.9 Å². The van der Waals surface area contributed by atoms with Crippen LogP contribution in [0, 0.1) is 13.8 Å². The molecule has 0 bridgehead atoms. The Morgan fingerprint density at radius 2 is 2.12 bits per heavy atom. The fraction of sp³-hybridized carbons (Fsp3) is 0.462. The van der Waals surface area contributed by atoms with E-state index in [1.807, 2.05) is 32.0 Å². The molecule has 0 atom stereocenters. The van der Waals surface area contributed by atoms with Gasteiger partial charge in [0.2, 0.25) is 0 Å². The number of Topliss-reactive ketones (excluding diaryl/α,β-unsaturated/α-hetero) is 1. The average molecular weight is 238 g/mol. The molecule has 0 aliphatic rings. The summed E-state index contributed by atoms with van der Waals surface area (Å²) in [6.45, 7) is 4.72. The van der Waals surface area contributed by atoms with Gasteiger partial charge in [0.1, 0.15) is 0 Å². The molecule has 0 unspecified atom stereocenters. The first-order valence-electron chi connectivity index (χ1n) is 5.32. The van der Waals surface area contributed by atoms with Crippen molar-refractivity contribution < 1.29 is 9.53 Å². The first kappa shape index (κ1) is 13.3. The molecule has 0 aromatic heterocycles. The zero-order valence-electron chi connectivity index (χ0n) is 10.1. The lowest BCUT2D eigenvalue weighted by Crippen LogP contribution is -2.06. The van der Waals surface area contributed by atoms with Crippen LogP contribution in [0.2, 0.25) is 0 Å². The van der Waals surface area contributed by atoms with Crippen molar-refractivity contribution in [2.75, 3.05) is 25.2 Å². The molecule has 88 valence electrons. The minimum absolute atomic E-state index is 0.207. The van der Waals surface area contributed by atoms with Crippen LogP contribution in [0.5, 0.6) is 0 Å². The molecule has 16 heavy (non-hydrogen) atoms. The van der Waals surface area contributed by atoms with Crippen LogP contribution < -0.4 is 0 Å². The van der Waals surface area contributed by atoms with Crippen LogP contribution in [0.25, 0.3) is 0 Å². The topological polar surface area (TPSA) is 26.3 Å². The normalized spacial score (nSPS) is 10.4. The Morgan fingerprint density at radius 1 is 1.38 bits per heavy atom. The summed E-state index contributed by atoms with van der Waals surface area (Å²) in [5.74, 6) is 1.61. The van der Waals surface area contributed by atoms with Gasteiger partial charge in [-0.2, -0.15) is 11.8 Å². The van der Waals surface area contributed by atoms with Crippen molar-refractivity contribution >= 4 is 17.5 Å². The van der Waals surface area contributed by atoms with Crippen LogP contribution in [0.15, 0.2) is 18.2 Å². The molecular weight excluding hydrogens is 220 g/mol. The zero-order chi connectivity index (χ0) is 12.0. The van der Waals surface area contributed by atoms with Crippen molar-refractivity contribution in [3.8, 4) is 0 Å². The summed E-state index contributed by atoms with van der Waals surface area (Å²) in [5, 5.41) is 0. The first-order valence-corrected chi connectivity index (χ1v) is 6.47. The molecule has 0 saturated carbocycles. The number of thioether (sulfide) groups is 1. The van der Waals surface area contributed by atoms with Gasteiger partial charge in [-0.15, -0.1) is 0 Å². The molecule has 1 aromatic carbocycles. The Morgan fingerprint density at radius 3 is 2.75 bits per heavy atom. The minimum atomic E-state index is 0.207. The van der Waals surface area contributed by atoms with E-state index in [-0.39, 0.29) is 5.78 Å². The molecule has 0 amide bonds. The minimum Gasteiger partial charge on any atom is -0.384 e. The van der Waals surface area contributed by atoms with Gasteiger partial charge in [-0.1, -0.05) is 23.8 Å². The van der Waals surface area contributed by atoms with Gasteiger partial charge < -0.3 is 4.74 Å². The van der Waals surface area contributed by atoms with Crippen molar-refractivity contribution in [2.45, 2.75) is 13.8 Å². The Hall–Kier alpha value is -0.800. The number of ether oxygens (including phenoxy) is 1. The fourth-order valence-electron chi connectivity index (χ4n) is 1.51. The summed E-state index contributed by atoms with van der Waals surface area (Å²) < 4.78 is 4.94. The maximum absolute atomic E-state index is 11.9. The van der Waals surface area contributed by atoms with Gasteiger partial charge in [-0.25, -0.2) is 0 Å². The fourth-order valence-corrected chi connectivity index (χ4v) is 2.28. The zero-order valence-corrected chi connectivity index (χ0v) is 10.9. The number of ketones is 1. The van der Waals surface area contributed by atoms with Gasteiger partial charge in [0.15, 0.2) is 5.78 Å². The number of carbonyl (C=O) groups excluding carboxylic acids is 1. The third kappa shape index (κ3) is 3.99. The van der Waals surface area contributed by atoms with Crippen LogP contribution in [0.3, 0.4) is 0 Å². The lowest BCUT2D eigenvalue weighted by atomic mass is 10.0. The number of aryl methyl sites for hydroxylation is 2. The van der Waals surface area contributed by atoms with E-state index in [9.17, 15) is 4.79 Å². The van der Waals surface area contributed by atoms with Crippen molar-refractivity contribution in [1.82, 2.24) is 0 Å². The lowest BCUT2D eigenvalue weighted by Gasteiger charge is -2.05. The Labute approximate surface area is 101 Å². The summed E-state index contributed by atoms with van der Waals surface area (Å²) in [6.07, 6.45) is 0. The van der Waals surface area contributed by atoms with E-state index in [1.165, 1.54) is 5.56 Å². The van der Waals surface area contributed by atoms with Crippen LogP contribution in [0.1, 0.15) is 21.5 Å². The number of hydrogen-bond donors (Lipinski definition) is 0. The van der Waals surface area contributed by atoms with Gasteiger partial charge in [0, 0.05) is 18.4 Å². The van der Waals surface area contributed by atoms with Crippen LogP contribution in [-0.4, -0.2) is 31.0 Å². The highest BCUT2D eigenvalue weighted by molar-refractivity contribution is 8.00. The van der Waals surface area contributed by atoms with Crippen molar-refractivity contribution in [3.05, 3.63) is 34.9 Å². The number of rotatable bonds is 6. The molecule has 1 aromatic rings. The second-order valence-corrected chi connectivity index (χ2v) is 4.89. The highest BCUT2D eigenvalue weighted by Crippen LogP contribution is 2.13. The molecule has 3 heteroatoms. The molecule has 0 spiro atoms. The van der Waals surface area contributed by atoms with Crippen LogP contribution in [0.4, 0.5) is 0 Å². The summed E-state index contributed by atoms with van der Waals surface area (Å²) in [7, 11) is 1.67. The van der Waals surface area contributed by atoms with Crippen molar-refractivity contribution in [1.29, 1.82) is 0 Å². The molecule has 2 nitrogen and oxygen atoms in total. The smallest absolute Gasteiger partial charge is 0.172 e. The monoisotopic (exact) mass is 238 g/mol. The molecule has 0 radical (unpaired) electrons. The highest BCUT2D eigenvalue weighted by atomic mass is 32.2. The molecule has 0 aliphatic carbocycles. The third-order valence-corrected chi connectivity index (χ3v) is 3.27. The Kier molecular flexibility index (Phi) is 5.56. The van der Waals surface area contributed by atoms with E-state index in [0.717, 1.165) is 16.9 Å². The Bertz CT molecular complexity index is 361. The van der Waals surface area contributed by atoms with Gasteiger partial charge in [-0.05, 0) is 19.4 Å². The standard InChI is InChI=1S/C13H18O2S/c1-10-4-5-12(11(2)8-10)13(14)9-16-7-6-15-3/h4-5,8H,6-7,9H2,1-3H3. The predicted molar refractivity (Wildman–Crippen MR) is 69.4 cm³/mol. The molecule has 0 heterocycles. The number of benzene rings is 1. The first-order chi connectivity index (χ1) is 7.65. The van der Waals surface area contributed by atoms with Crippen LogP contribution >= 0.6 is 11.8 Å². The SMILES string of the molecule is COCCSCC(=O)c1ccc(C)cc1C. The molecular formula is C13H18O2S. The van der Waals surface area contributed by atoms with E-state index in [4.69, 9.17) is 4.74 Å². The lowest BCUT2D eigenvalue weighted by molar-refractivity contribution is 0.102. The summed E-state index contributed by atoms with van der Waals surface area (Å²) >= 11 is 1.62. The number of carbonyl (C=O) groups is 1. The van der Waals surface area contributed by atoms with Gasteiger partial charge in [0.25, 0.3) is 0 Å². The molecule has 1 rings (SSSR count). The van der Waals surface area contributed by atoms with E-state index in [0.29, 0.717) is 12.4 Å². The second-order valence-electron chi connectivity index (χ2n) is 3.79. The molecule has 0 aliphatic heterocycles. The summed E-state index contributed by atoms with van der Waals surface area (Å²) in [5.41, 5.74) is 3.11. The molecule has 0 N–H and O–H groups in total. The van der Waals surface area contributed by atoms with Gasteiger partial charge >= 0.3 is 0 Å². The largest absolute Gasteiger partial charge is 0.384 e. The quantitative estimate of drug-likeness (QED) is 0.563. The summed E-state index contributed by atoms with van der Waals surface area (Å²) in [4.78, 5) is 11.9. The third-order valence-electron chi connectivity index (χ3n) is 2.35. The van der Waals surface area contributed by atoms with E-state index < -0.39 is 0 Å². The second kappa shape index (κ2) is 6.71. The Balaban J connectivity index is 2.53. The molecule has 0 saturated heterocycles. The van der Waals surface area contributed by atoms with Crippen molar-refractivity contribution in [2.24, 2.45) is 0 Å². The maximum Gasteiger partial charge on any atom is 0.172 e. The van der Waals surface area contributed by atoms with E-state index in [2.05, 4.69) is 0 Å². The highest BCUT2D eigenvalue weighted by Gasteiger charge is 2.08. The van der Waals surface area contributed by atoms with Gasteiger partial charge in [-0.3, -0.25) is 4.79 Å².